The van der Waals surface area contributed by atoms with E-state index in [0.29, 0.717) is 37.6 Å². The van der Waals surface area contributed by atoms with E-state index in [2.05, 4.69) is 5.43 Å². The molecule has 0 radical (unpaired) electrons. The van der Waals surface area contributed by atoms with Crippen molar-refractivity contribution < 1.29 is 19.4 Å². The molecule has 0 bridgehead atoms. The van der Waals surface area contributed by atoms with Gasteiger partial charge in [-0.05, 0) is 31.3 Å². The number of carbonyl (C=O) groups is 1. The molecule has 21 heavy (non-hydrogen) atoms. The van der Waals surface area contributed by atoms with Gasteiger partial charge in [0.2, 0.25) is 0 Å². The number of hydrogen-bond donors (Lipinski definition) is 3. The van der Waals surface area contributed by atoms with Crippen LogP contribution in [0.25, 0.3) is 0 Å². The summed E-state index contributed by atoms with van der Waals surface area (Å²) in [5.41, 5.74) is 2.54. The molecular weight excluding hydrogens is 274 g/mol. The molecule has 0 heterocycles. The number of nitrogens with zero attached hydrogens (tertiary/aromatic N) is 1. The van der Waals surface area contributed by atoms with Crippen LogP contribution in [0.1, 0.15) is 10.4 Å². The number of nitrogen functional groups attached to an aromatic ring is 1. The number of hydrazine groups is 1. The number of amides is 1. The Kier molecular flexibility index (Phi) is 7.70. The Balaban J connectivity index is 2.30. The number of methoxy groups -OCH3 is 1. The molecule has 1 unspecified atom stereocenters. The Bertz CT molecular complexity index is 425. The normalized spacial score (nSPS) is 12.2. The van der Waals surface area contributed by atoms with Crippen molar-refractivity contribution in [2.24, 2.45) is 5.84 Å². The summed E-state index contributed by atoms with van der Waals surface area (Å²) in [6, 6.07) is 6.71. The van der Waals surface area contributed by atoms with Gasteiger partial charge in [-0.25, -0.2) is 5.84 Å². The SMILES string of the molecule is COCC(O)CN(C)CCOc1ccc(C(=O)NN)cc1. The molecule has 118 valence electrons. The number of rotatable bonds is 9. The first-order chi connectivity index (χ1) is 10.1. The number of likely N-dealkylation sites (N-methyl/N-ethyl adjacent to an activating group) is 1. The third-order valence-electron chi connectivity index (χ3n) is 2.87. The summed E-state index contributed by atoms with van der Waals surface area (Å²) in [5.74, 6) is 5.39. The zero-order valence-electron chi connectivity index (χ0n) is 12.4. The Labute approximate surface area is 124 Å². The lowest BCUT2D eigenvalue weighted by Crippen LogP contribution is -2.34. The second-order valence-corrected chi connectivity index (χ2v) is 4.72. The van der Waals surface area contributed by atoms with Crippen LogP contribution in [0.2, 0.25) is 0 Å². The maximum Gasteiger partial charge on any atom is 0.265 e. The number of aliphatic hydroxyl groups is 1. The summed E-state index contributed by atoms with van der Waals surface area (Å²) in [6.45, 7) is 1.99. The minimum Gasteiger partial charge on any atom is -0.492 e. The van der Waals surface area contributed by atoms with E-state index in [1.54, 1.807) is 31.4 Å². The lowest BCUT2D eigenvalue weighted by atomic mass is 10.2. The van der Waals surface area contributed by atoms with Gasteiger partial charge in [-0.2, -0.15) is 0 Å². The molecule has 1 rings (SSSR count). The molecule has 0 saturated heterocycles. The number of hydrogen-bond acceptors (Lipinski definition) is 6. The molecular formula is C14H23N3O4. The molecule has 0 aromatic heterocycles. The second kappa shape index (κ2) is 9.30. The third kappa shape index (κ3) is 6.54. The molecule has 1 aromatic carbocycles. The Hall–Kier alpha value is -1.67. The maximum absolute atomic E-state index is 11.3. The van der Waals surface area contributed by atoms with Crippen molar-refractivity contribution >= 4 is 5.91 Å². The molecule has 0 aliphatic rings. The quantitative estimate of drug-likeness (QED) is 0.326. The van der Waals surface area contributed by atoms with Crippen LogP contribution in [0.4, 0.5) is 0 Å². The molecule has 0 aliphatic carbocycles. The lowest BCUT2D eigenvalue weighted by Gasteiger charge is -2.20. The Morgan fingerprint density at radius 3 is 2.67 bits per heavy atom. The highest BCUT2D eigenvalue weighted by Gasteiger charge is 2.08. The van der Waals surface area contributed by atoms with Gasteiger partial charge in [0.1, 0.15) is 12.4 Å². The standard InChI is InChI=1S/C14H23N3O4/c1-17(9-12(18)10-20-2)7-8-21-13-5-3-11(4-6-13)14(19)16-15/h3-6,12,18H,7-10,15H2,1-2H3,(H,16,19). The van der Waals surface area contributed by atoms with E-state index in [4.69, 9.17) is 15.3 Å². The highest BCUT2D eigenvalue weighted by molar-refractivity contribution is 5.93. The van der Waals surface area contributed by atoms with Crippen LogP contribution in [0.3, 0.4) is 0 Å². The fourth-order valence-corrected chi connectivity index (χ4v) is 1.80. The summed E-state index contributed by atoms with van der Waals surface area (Å²) in [5, 5.41) is 9.59. The van der Waals surface area contributed by atoms with Crippen LogP contribution < -0.4 is 16.0 Å². The van der Waals surface area contributed by atoms with E-state index in [0.717, 1.165) is 0 Å². The van der Waals surface area contributed by atoms with Crippen LogP contribution in [0, 0.1) is 0 Å². The minimum absolute atomic E-state index is 0.315. The van der Waals surface area contributed by atoms with Crippen molar-refractivity contribution in [2.75, 3.05) is 40.5 Å². The fourth-order valence-electron chi connectivity index (χ4n) is 1.80. The average molecular weight is 297 g/mol. The Morgan fingerprint density at radius 2 is 2.10 bits per heavy atom. The van der Waals surface area contributed by atoms with Gasteiger partial charge in [0.25, 0.3) is 5.91 Å². The van der Waals surface area contributed by atoms with E-state index < -0.39 is 6.10 Å². The van der Waals surface area contributed by atoms with Crippen LogP contribution in [-0.4, -0.2) is 62.5 Å². The molecule has 1 aromatic rings. The van der Waals surface area contributed by atoms with E-state index in [9.17, 15) is 9.90 Å². The van der Waals surface area contributed by atoms with Crippen molar-refractivity contribution in [3.05, 3.63) is 29.8 Å². The van der Waals surface area contributed by atoms with Crippen molar-refractivity contribution in [3.8, 4) is 5.75 Å². The molecule has 1 atom stereocenters. The first-order valence-corrected chi connectivity index (χ1v) is 6.66. The number of carbonyl (C=O) groups excluding carboxylic acids is 1. The topological polar surface area (TPSA) is 97.0 Å². The first kappa shape index (κ1) is 17.4. The summed E-state index contributed by atoms with van der Waals surface area (Å²) >= 11 is 0. The van der Waals surface area contributed by atoms with Crippen LogP contribution in [0.5, 0.6) is 5.75 Å². The van der Waals surface area contributed by atoms with Gasteiger partial charge in [0, 0.05) is 25.8 Å². The van der Waals surface area contributed by atoms with E-state index in [1.165, 1.54) is 0 Å². The number of nitrogens with two attached hydrogens (primary N) is 1. The summed E-state index contributed by atoms with van der Waals surface area (Å²) in [4.78, 5) is 13.2. The smallest absolute Gasteiger partial charge is 0.265 e. The van der Waals surface area contributed by atoms with Crippen LogP contribution in [-0.2, 0) is 4.74 Å². The van der Waals surface area contributed by atoms with Gasteiger partial charge >= 0.3 is 0 Å². The van der Waals surface area contributed by atoms with Gasteiger partial charge < -0.3 is 19.5 Å². The molecule has 1 amide bonds. The van der Waals surface area contributed by atoms with E-state index in [1.807, 2.05) is 11.9 Å². The van der Waals surface area contributed by atoms with Gasteiger partial charge in [-0.1, -0.05) is 0 Å². The maximum atomic E-state index is 11.3. The second-order valence-electron chi connectivity index (χ2n) is 4.72. The molecule has 0 spiro atoms. The Morgan fingerprint density at radius 1 is 1.43 bits per heavy atom. The van der Waals surface area contributed by atoms with E-state index in [-0.39, 0.29) is 5.91 Å². The molecule has 0 fully saturated rings. The molecule has 4 N–H and O–H groups in total. The summed E-state index contributed by atoms with van der Waals surface area (Å²) in [7, 11) is 3.46. The zero-order chi connectivity index (χ0) is 15.7. The predicted molar refractivity (Wildman–Crippen MR) is 79.0 cm³/mol. The zero-order valence-corrected chi connectivity index (χ0v) is 12.4. The number of aliphatic hydroxyl groups excluding tert-OH is 1. The van der Waals surface area contributed by atoms with Crippen molar-refractivity contribution in [1.82, 2.24) is 10.3 Å². The lowest BCUT2D eigenvalue weighted by molar-refractivity contribution is 0.0410. The minimum atomic E-state index is -0.506. The van der Waals surface area contributed by atoms with Crippen molar-refractivity contribution in [1.29, 1.82) is 0 Å². The van der Waals surface area contributed by atoms with Crippen LogP contribution >= 0.6 is 0 Å². The molecule has 0 saturated carbocycles. The van der Waals surface area contributed by atoms with Gasteiger partial charge in [-0.3, -0.25) is 10.2 Å². The number of nitrogens with one attached hydrogen (secondary N) is 1. The summed E-state index contributed by atoms with van der Waals surface area (Å²) < 4.78 is 10.4. The van der Waals surface area contributed by atoms with Gasteiger partial charge in [0.05, 0.1) is 12.7 Å². The van der Waals surface area contributed by atoms with E-state index >= 15 is 0 Å². The van der Waals surface area contributed by atoms with Crippen molar-refractivity contribution in [3.63, 3.8) is 0 Å². The number of ether oxygens (including phenoxy) is 2. The third-order valence-corrected chi connectivity index (χ3v) is 2.87. The fraction of sp³-hybridized carbons (Fsp3) is 0.500. The van der Waals surface area contributed by atoms with Gasteiger partial charge in [-0.15, -0.1) is 0 Å². The van der Waals surface area contributed by atoms with Crippen LogP contribution in [0.15, 0.2) is 24.3 Å². The molecule has 0 aliphatic heterocycles. The highest BCUT2D eigenvalue weighted by Crippen LogP contribution is 2.11. The molecule has 7 heteroatoms. The number of benzene rings is 1. The summed E-state index contributed by atoms with van der Waals surface area (Å²) in [6.07, 6.45) is -0.506. The average Bonchev–Trinajstić information content (AvgIpc) is 2.47. The van der Waals surface area contributed by atoms with Gasteiger partial charge in [0.15, 0.2) is 0 Å². The monoisotopic (exact) mass is 297 g/mol. The highest BCUT2D eigenvalue weighted by atomic mass is 16.5. The van der Waals surface area contributed by atoms with Crippen molar-refractivity contribution in [2.45, 2.75) is 6.10 Å². The largest absolute Gasteiger partial charge is 0.492 e. The predicted octanol–water partition coefficient (Wildman–Crippen LogP) is -0.392. The first-order valence-electron chi connectivity index (χ1n) is 6.66. The molecule has 7 nitrogen and oxygen atoms in total.